The van der Waals surface area contributed by atoms with Gasteiger partial charge in [0.1, 0.15) is 5.82 Å². The third-order valence-corrected chi connectivity index (χ3v) is 3.58. The van der Waals surface area contributed by atoms with Crippen molar-refractivity contribution in [1.82, 2.24) is 9.78 Å². The maximum atomic E-state index is 5.92. The molecule has 0 radical (unpaired) electrons. The molecule has 0 bridgehead atoms. The molecule has 0 amide bonds. The lowest BCUT2D eigenvalue weighted by Gasteiger charge is -2.24. The number of aromatic nitrogens is 2. The fourth-order valence-corrected chi connectivity index (χ4v) is 2.51. The molecular weight excluding hydrogens is 262 g/mol. The van der Waals surface area contributed by atoms with Crippen molar-refractivity contribution in [2.24, 2.45) is 0 Å². The van der Waals surface area contributed by atoms with Gasteiger partial charge >= 0.3 is 0 Å². The number of nitrogen functional groups attached to an aromatic ring is 1. The van der Waals surface area contributed by atoms with Crippen molar-refractivity contribution in [2.45, 2.75) is 25.5 Å². The quantitative estimate of drug-likeness (QED) is 0.914. The minimum absolute atomic E-state index is 0.0169. The highest BCUT2D eigenvalue weighted by Crippen LogP contribution is 2.30. The zero-order valence-corrected chi connectivity index (χ0v) is 11.3. The van der Waals surface area contributed by atoms with Gasteiger partial charge in [-0.05, 0) is 31.4 Å². The molecule has 1 fully saturated rings. The minimum Gasteiger partial charge on any atom is -0.382 e. The number of ether oxygens (including phenoxy) is 1. The first-order chi connectivity index (χ1) is 9.24. The van der Waals surface area contributed by atoms with Crippen LogP contribution in [0.15, 0.2) is 30.3 Å². The molecule has 4 nitrogen and oxygen atoms in total. The van der Waals surface area contributed by atoms with Crippen LogP contribution >= 0.6 is 11.6 Å². The Morgan fingerprint density at radius 1 is 1.26 bits per heavy atom. The predicted octanol–water partition coefficient (Wildman–Crippen LogP) is 3.48. The molecule has 1 aliphatic heterocycles. The molecule has 1 aliphatic rings. The fraction of sp³-hybridized carbons (Fsp3) is 0.357. The number of halogens is 1. The van der Waals surface area contributed by atoms with Crippen LogP contribution in [0, 0.1) is 0 Å². The van der Waals surface area contributed by atoms with Crippen LogP contribution in [-0.4, -0.2) is 16.4 Å². The Morgan fingerprint density at radius 2 is 2.05 bits per heavy atom. The predicted molar refractivity (Wildman–Crippen MR) is 75.9 cm³/mol. The summed E-state index contributed by atoms with van der Waals surface area (Å²) in [4.78, 5) is 0. The Balaban J connectivity index is 1.98. The summed E-state index contributed by atoms with van der Waals surface area (Å²) in [5.74, 6) is 0.513. The summed E-state index contributed by atoms with van der Waals surface area (Å²) >= 11 is 5.92. The summed E-state index contributed by atoms with van der Waals surface area (Å²) < 4.78 is 7.67. The number of nitrogens with two attached hydrogens (primary N) is 1. The number of hydrogen-bond acceptors (Lipinski definition) is 3. The van der Waals surface area contributed by atoms with E-state index in [9.17, 15) is 0 Å². The van der Waals surface area contributed by atoms with Crippen LogP contribution in [0.2, 0.25) is 5.02 Å². The van der Waals surface area contributed by atoms with Gasteiger partial charge in [-0.3, -0.25) is 0 Å². The van der Waals surface area contributed by atoms with Gasteiger partial charge in [0, 0.05) is 23.3 Å². The van der Waals surface area contributed by atoms with Gasteiger partial charge in [0.2, 0.25) is 0 Å². The Kier molecular flexibility index (Phi) is 3.44. The molecule has 0 saturated carbocycles. The Morgan fingerprint density at radius 3 is 2.74 bits per heavy atom. The van der Waals surface area contributed by atoms with E-state index < -0.39 is 0 Å². The maximum Gasteiger partial charge on any atom is 0.150 e. The molecule has 0 spiro atoms. The molecule has 1 saturated heterocycles. The smallest absolute Gasteiger partial charge is 0.150 e. The maximum absolute atomic E-state index is 5.92. The second-order valence-corrected chi connectivity index (χ2v) is 5.16. The normalized spacial score (nSPS) is 19.5. The van der Waals surface area contributed by atoms with Crippen molar-refractivity contribution < 1.29 is 4.74 Å². The van der Waals surface area contributed by atoms with Crippen LogP contribution < -0.4 is 5.73 Å². The second-order valence-electron chi connectivity index (χ2n) is 4.73. The van der Waals surface area contributed by atoms with E-state index in [1.807, 2.05) is 35.0 Å². The van der Waals surface area contributed by atoms with E-state index in [1.165, 1.54) is 0 Å². The first-order valence-electron chi connectivity index (χ1n) is 6.46. The van der Waals surface area contributed by atoms with E-state index in [0.29, 0.717) is 5.82 Å². The van der Waals surface area contributed by atoms with Crippen LogP contribution in [-0.2, 0) is 4.74 Å². The second kappa shape index (κ2) is 5.23. The zero-order chi connectivity index (χ0) is 13.2. The van der Waals surface area contributed by atoms with Crippen LogP contribution in [0.1, 0.15) is 25.5 Å². The molecule has 3 rings (SSSR count). The highest BCUT2D eigenvalue weighted by molar-refractivity contribution is 6.30. The Hall–Kier alpha value is -1.52. The van der Waals surface area contributed by atoms with Crippen LogP contribution in [0.3, 0.4) is 0 Å². The molecule has 2 N–H and O–H groups in total. The lowest BCUT2D eigenvalue weighted by atomic mass is 10.1. The lowest BCUT2D eigenvalue weighted by molar-refractivity contribution is -0.0382. The van der Waals surface area contributed by atoms with Crippen LogP contribution in [0.4, 0.5) is 5.82 Å². The third-order valence-electron chi connectivity index (χ3n) is 3.32. The summed E-state index contributed by atoms with van der Waals surface area (Å²) in [6.45, 7) is 0.782. The standard InChI is InChI=1S/C14H16ClN3O/c15-11-6-4-10(5-7-11)12-9-13(16)17-18(12)14-3-1-2-8-19-14/h4-7,9,14H,1-3,8H2,(H2,16,17). The van der Waals surface area contributed by atoms with E-state index in [4.69, 9.17) is 22.1 Å². The van der Waals surface area contributed by atoms with Gasteiger partial charge in [0.15, 0.2) is 6.23 Å². The van der Waals surface area contributed by atoms with E-state index in [1.54, 1.807) is 0 Å². The van der Waals surface area contributed by atoms with Crippen LogP contribution in [0.5, 0.6) is 0 Å². The molecule has 0 aliphatic carbocycles. The van der Waals surface area contributed by atoms with Crippen molar-refractivity contribution in [3.8, 4) is 11.3 Å². The average Bonchev–Trinajstić information content (AvgIpc) is 2.83. The molecule has 1 atom stereocenters. The highest BCUT2D eigenvalue weighted by Gasteiger charge is 2.20. The van der Waals surface area contributed by atoms with Gasteiger partial charge in [0.05, 0.1) is 5.69 Å². The van der Waals surface area contributed by atoms with Gasteiger partial charge in [-0.15, -0.1) is 0 Å². The minimum atomic E-state index is -0.0169. The SMILES string of the molecule is Nc1cc(-c2ccc(Cl)cc2)n(C2CCCCO2)n1. The summed E-state index contributed by atoms with van der Waals surface area (Å²) in [5, 5.41) is 5.09. The van der Waals surface area contributed by atoms with Crippen molar-refractivity contribution in [3.63, 3.8) is 0 Å². The van der Waals surface area contributed by atoms with Crippen LogP contribution in [0.25, 0.3) is 11.3 Å². The van der Waals surface area contributed by atoms with Gasteiger partial charge in [-0.1, -0.05) is 23.7 Å². The molecule has 1 aromatic carbocycles. The summed E-state index contributed by atoms with van der Waals surface area (Å²) in [5.41, 5.74) is 7.86. The number of hydrogen-bond donors (Lipinski definition) is 1. The van der Waals surface area contributed by atoms with Gasteiger partial charge in [-0.25, -0.2) is 4.68 Å². The summed E-state index contributed by atoms with van der Waals surface area (Å²) in [6.07, 6.45) is 3.23. The first-order valence-corrected chi connectivity index (χ1v) is 6.84. The molecular formula is C14H16ClN3O. The topological polar surface area (TPSA) is 53.1 Å². The van der Waals surface area contributed by atoms with Crippen molar-refractivity contribution in [1.29, 1.82) is 0 Å². The molecule has 2 heterocycles. The number of nitrogens with zero attached hydrogens (tertiary/aromatic N) is 2. The number of rotatable bonds is 2. The number of benzene rings is 1. The summed E-state index contributed by atoms with van der Waals surface area (Å²) in [6, 6.07) is 9.55. The first kappa shape index (κ1) is 12.5. The lowest BCUT2D eigenvalue weighted by Crippen LogP contribution is -2.20. The molecule has 19 heavy (non-hydrogen) atoms. The van der Waals surface area contributed by atoms with Gasteiger partial charge < -0.3 is 10.5 Å². The fourth-order valence-electron chi connectivity index (χ4n) is 2.39. The largest absolute Gasteiger partial charge is 0.382 e. The molecule has 2 aromatic rings. The Bertz CT molecular complexity index is 559. The van der Waals surface area contributed by atoms with E-state index >= 15 is 0 Å². The average molecular weight is 278 g/mol. The highest BCUT2D eigenvalue weighted by atomic mass is 35.5. The molecule has 5 heteroatoms. The van der Waals surface area contributed by atoms with Gasteiger partial charge in [-0.2, -0.15) is 5.10 Å². The van der Waals surface area contributed by atoms with Crippen molar-refractivity contribution in [2.75, 3.05) is 12.3 Å². The summed E-state index contributed by atoms with van der Waals surface area (Å²) in [7, 11) is 0. The van der Waals surface area contributed by atoms with Crippen molar-refractivity contribution in [3.05, 3.63) is 35.4 Å². The molecule has 1 aromatic heterocycles. The number of anilines is 1. The van der Waals surface area contributed by atoms with E-state index in [0.717, 1.165) is 42.1 Å². The van der Waals surface area contributed by atoms with Crippen molar-refractivity contribution >= 4 is 17.4 Å². The molecule has 1 unspecified atom stereocenters. The molecule has 100 valence electrons. The van der Waals surface area contributed by atoms with E-state index in [-0.39, 0.29) is 6.23 Å². The zero-order valence-electron chi connectivity index (χ0n) is 10.6. The van der Waals surface area contributed by atoms with E-state index in [2.05, 4.69) is 5.10 Å². The monoisotopic (exact) mass is 277 g/mol. The van der Waals surface area contributed by atoms with Gasteiger partial charge in [0.25, 0.3) is 0 Å². The third kappa shape index (κ3) is 2.60. The Labute approximate surface area is 117 Å².